The van der Waals surface area contributed by atoms with E-state index in [1.54, 1.807) is 0 Å². The lowest BCUT2D eigenvalue weighted by Gasteiger charge is -2.24. The van der Waals surface area contributed by atoms with Crippen molar-refractivity contribution >= 4 is 22.6 Å². The van der Waals surface area contributed by atoms with Crippen molar-refractivity contribution in [2.45, 2.75) is 12.0 Å². The topological polar surface area (TPSA) is 65.8 Å². The third-order valence-corrected chi connectivity index (χ3v) is 6.99. The largest absolute Gasteiger partial charge is 0.491 e. The Bertz CT molecular complexity index is 1460. The highest BCUT2D eigenvalue weighted by molar-refractivity contribution is 6.11. The lowest BCUT2D eigenvalue weighted by Crippen LogP contribution is -2.42. The van der Waals surface area contributed by atoms with Crippen molar-refractivity contribution in [3.63, 3.8) is 0 Å². The quantitative estimate of drug-likeness (QED) is 0.478. The first-order chi connectivity index (χ1) is 16.2. The zero-order valence-electron chi connectivity index (χ0n) is 18.1. The number of rotatable bonds is 2. The van der Waals surface area contributed by atoms with Crippen LogP contribution in [0.1, 0.15) is 17.0 Å². The molecule has 7 nitrogen and oxygen atoms in total. The number of hydrogen-bond acceptors (Lipinski definition) is 5. The monoisotopic (exact) mass is 439 g/mol. The number of ether oxygens (including phenoxy) is 3. The van der Waals surface area contributed by atoms with Crippen LogP contribution in [0.15, 0.2) is 60.7 Å². The lowest BCUT2D eigenvalue weighted by atomic mass is 9.77. The highest BCUT2D eigenvalue weighted by atomic mass is 16.6. The Morgan fingerprint density at radius 1 is 0.909 bits per heavy atom. The van der Waals surface area contributed by atoms with Gasteiger partial charge >= 0.3 is 0 Å². The number of anilines is 1. The van der Waals surface area contributed by atoms with Crippen LogP contribution in [0.2, 0.25) is 0 Å². The van der Waals surface area contributed by atoms with Crippen molar-refractivity contribution in [1.29, 1.82) is 0 Å². The number of carbonyl (C=O) groups is 1. The molecule has 0 radical (unpaired) electrons. The Labute approximate surface area is 190 Å². The minimum atomic E-state index is -0.910. The number of aryl methyl sites for hydroxylation is 1. The van der Waals surface area contributed by atoms with Crippen molar-refractivity contribution in [3.05, 3.63) is 77.6 Å². The SMILES string of the molecule is Cn1c(CN2C(=O)C3(COc4cc5c(cc43)OCCO5)c3ccccc32)nc2ccccc21. The first kappa shape index (κ1) is 18.6. The van der Waals surface area contributed by atoms with Gasteiger partial charge in [0, 0.05) is 24.4 Å². The standard InChI is InChI=1S/C26H21N3O4/c1-28-20-9-5-3-7-18(20)27-24(28)14-29-19-8-4-2-6-16(19)26(25(29)30)15-33-21-13-23-22(12-17(21)26)31-10-11-32-23/h2-9,12-13H,10-11,14-15H2,1H3. The van der Waals surface area contributed by atoms with Gasteiger partial charge in [-0.15, -0.1) is 0 Å². The molecule has 0 N–H and O–H groups in total. The first-order valence-electron chi connectivity index (χ1n) is 11.1. The minimum Gasteiger partial charge on any atom is -0.491 e. The summed E-state index contributed by atoms with van der Waals surface area (Å²) in [5, 5.41) is 0. The number of imidazole rings is 1. The maximum absolute atomic E-state index is 14.2. The van der Waals surface area contributed by atoms with Gasteiger partial charge in [0.15, 0.2) is 11.5 Å². The second kappa shape index (κ2) is 6.51. The van der Waals surface area contributed by atoms with Gasteiger partial charge in [-0.25, -0.2) is 4.98 Å². The van der Waals surface area contributed by atoms with Crippen molar-refractivity contribution in [2.24, 2.45) is 7.05 Å². The van der Waals surface area contributed by atoms with E-state index in [4.69, 9.17) is 19.2 Å². The molecule has 4 heterocycles. The molecule has 0 saturated heterocycles. The Morgan fingerprint density at radius 2 is 1.67 bits per heavy atom. The molecule has 1 atom stereocenters. The Hall–Kier alpha value is -4.00. The van der Waals surface area contributed by atoms with Crippen molar-refractivity contribution in [2.75, 3.05) is 24.7 Å². The molecule has 3 aliphatic heterocycles. The molecule has 1 spiro atoms. The van der Waals surface area contributed by atoms with Crippen LogP contribution in [0.4, 0.5) is 5.69 Å². The zero-order valence-corrected chi connectivity index (χ0v) is 18.1. The molecule has 1 aromatic heterocycles. The zero-order chi connectivity index (χ0) is 22.2. The van der Waals surface area contributed by atoms with Gasteiger partial charge in [-0.3, -0.25) is 4.79 Å². The van der Waals surface area contributed by atoms with E-state index in [2.05, 4.69) is 4.57 Å². The summed E-state index contributed by atoms with van der Waals surface area (Å²) in [7, 11) is 1.99. The van der Waals surface area contributed by atoms with E-state index in [1.807, 2.05) is 72.6 Å². The van der Waals surface area contributed by atoms with Gasteiger partial charge in [-0.05, 0) is 29.8 Å². The fraction of sp³-hybridized carbons (Fsp3) is 0.231. The van der Waals surface area contributed by atoms with Crippen LogP contribution in [0.3, 0.4) is 0 Å². The summed E-state index contributed by atoms with van der Waals surface area (Å²) >= 11 is 0. The van der Waals surface area contributed by atoms with E-state index in [-0.39, 0.29) is 12.5 Å². The summed E-state index contributed by atoms with van der Waals surface area (Å²) in [6.07, 6.45) is 0. The maximum atomic E-state index is 14.2. The summed E-state index contributed by atoms with van der Waals surface area (Å²) < 4.78 is 19.7. The Morgan fingerprint density at radius 3 is 2.52 bits per heavy atom. The highest BCUT2D eigenvalue weighted by Gasteiger charge is 2.57. The predicted octanol–water partition coefficient (Wildman–Crippen LogP) is 3.57. The van der Waals surface area contributed by atoms with Gasteiger partial charge in [0.2, 0.25) is 5.91 Å². The second-order valence-electron chi connectivity index (χ2n) is 8.67. The molecule has 4 aromatic rings. The number of amides is 1. The molecule has 0 saturated carbocycles. The van der Waals surface area contributed by atoms with Crippen molar-refractivity contribution in [1.82, 2.24) is 9.55 Å². The van der Waals surface area contributed by atoms with Crippen molar-refractivity contribution < 1.29 is 19.0 Å². The number of fused-ring (bicyclic) bond motifs is 6. The number of nitrogens with zero attached hydrogens (tertiary/aromatic N) is 3. The highest BCUT2D eigenvalue weighted by Crippen LogP contribution is 2.55. The molecule has 0 bridgehead atoms. The smallest absolute Gasteiger partial charge is 0.246 e. The van der Waals surface area contributed by atoms with Crippen molar-refractivity contribution in [3.8, 4) is 17.2 Å². The van der Waals surface area contributed by atoms with Gasteiger partial charge in [-0.2, -0.15) is 0 Å². The van der Waals surface area contributed by atoms with Gasteiger partial charge in [0.25, 0.3) is 0 Å². The van der Waals surface area contributed by atoms with E-state index < -0.39 is 5.41 Å². The van der Waals surface area contributed by atoms with E-state index >= 15 is 0 Å². The number of carbonyl (C=O) groups excluding carboxylic acids is 1. The van der Waals surface area contributed by atoms with Gasteiger partial charge < -0.3 is 23.7 Å². The van der Waals surface area contributed by atoms with E-state index in [0.29, 0.717) is 37.0 Å². The summed E-state index contributed by atoms with van der Waals surface area (Å²) in [5.74, 6) is 2.81. The number of hydrogen-bond donors (Lipinski definition) is 0. The fourth-order valence-electron chi connectivity index (χ4n) is 5.35. The van der Waals surface area contributed by atoms with Crippen LogP contribution >= 0.6 is 0 Å². The molecule has 7 heteroatoms. The minimum absolute atomic E-state index is 0.00816. The van der Waals surface area contributed by atoms with Crippen LogP contribution in [-0.2, 0) is 23.8 Å². The lowest BCUT2D eigenvalue weighted by molar-refractivity contribution is -0.122. The van der Waals surface area contributed by atoms with E-state index in [9.17, 15) is 4.79 Å². The Kier molecular flexibility index (Phi) is 3.66. The molecular formula is C26H21N3O4. The molecule has 33 heavy (non-hydrogen) atoms. The normalized spacial score (nSPS) is 20.3. The molecule has 0 fully saturated rings. The van der Waals surface area contributed by atoms with Gasteiger partial charge in [-0.1, -0.05) is 30.3 Å². The van der Waals surface area contributed by atoms with Crippen LogP contribution < -0.4 is 19.1 Å². The van der Waals surface area contributed by atoms with Crippen LogP contribution in [0, 0.1) is 0 Å². The molecule has 3 aliphatic rings. The first-order valence-corrected chi connectivity index (χ1v) is 11.1. The van der Waals surface area contributed by atoms with E-state index in [0.717, 1.165) is 33.7 Å². The third-order valence-electron chi connectivity index (χ3n) is 6.99. The molecule has 1 unspecified atom stereocenters. The predicted molar refractivity (Wildman–Crippen MR) is 122 cm³/mol. The third kappa shape index (κ3) is 2.39. The summed E-state index contributed by atoms with van der Waals surface area (Å²) in [6.45, 7) is 1.62. The number of benzene rings is 3. The molecule has 0 aliphatic carbocycles. The molecular weight excluding hydrogens is 418 g/mol. The number of para-hydroxylation sites is 3. The molecule has 3 aromatic carbocycles. The van der Waals surface area contributed by atoms with Crippen LogP contribution in [0.25, 0.3) is 11.0 Å². The summed E-state index contributed by atoms with van der Waals surface area (Å²) in [6, 6.07) is 19.7. The van der Waals surface area contributed by atoms with Crippen LogP contribution in [-0.4, -0.2) is 35.3 Å². The average molecular weight is 439 g/mol. The van der Waals surface area contributed by atoms with E-state index in [1.165, 1.54) is 0 Å². The average Bonchev–Trinajstić information content (AvgIpc) is 3.46. The molecule has 7 rings (SSSR count). The van der Waals surface area contributed by atoms with Gasteiger partial charge in [0.1, 0.15) is 36.8 Å². The molecule has 164 valence electrons. The molecule has 1 amide bonds. The fourth-order valence-corrected chi connectivity index (χ4v) is 5.35. The summed E-state index contributed by atoms with van der Waals surface area (Å²) in [5.41, 5.74) is 3.72. The maximum Gasteiger partial charge on any atom is 0.246 e. The second-order valence-corrected chi connectivity index (χ2v) is 8.67. The summed E-state index contributed by atoms with van der Waals surface area (Å²) in [4.78, 5) is 20.8. The Balaban J connectivity index is 1.37. The van der Waals surface area contributed by atoms with Gasteiger partial charge in [0.05, 0.1) is 17.6 Å². The van der Waals surface area contributed by atoms with Crippen LogP contribution in [0.5, 0.6) is 17.2 Å². The number of aromatic nitrogens is 2.